The summed E-state index contributed by atoms with van der Waals surface area (Å²) in [5.41, 5.74) is 0.656. The molecule has 126 valence electrons. The highest BCUT2D eigenvalue weighted by molar-refractivity contribution is 5.94. The van der Waals surface area contributed by atoms with Crippen molar-refractivity contribution in [3.8, 4) is 5.75 Å². The maximum Gasteiger partial charge on any atom is 0.254 e. The summed E-state index contributed by atoms with van der Waals surface area (Å²) in [5.74, 6) is 2.98. The number of H-pyrrole nitrogens is 1. The Kier molecular flexibility index (Phi) is 3.96. The number of hydrogen-bond donors (Lipinski definition) is 1. The first-order valence-electron chi connectivity index (χ1n) is 8.63. The van der Waals surface area contributed by atoms with E-state index >= 15 is 0 Å². The number of piperidine rings is 1. The third-order valence-corrected chi connectivity index (χ3v) is 4.86. The molecule has 1 saturated heterocycles. The van der Waals surface area contributed by atoms with Crippen LogP contribution in [-0.2, 0) is 0 Å². The Hall–Kier alpha value is -2.37. The fraction of sp³-hybridized carbons (Fsp3) is 0.500. The van der Waals surface area contributed by atoms with Crippen molar-refractivity contribution in [2.75, 3.05) is 13.7 Å². The van der Waals surface area contributed by atoms with Crippen LogP contribution < -0.4 is 4.74 Å². The molecule has 0 spiro atoms. The molecule has 1 amide bonds. The molecule has 1 saturated carbocycles. The van der Waals surface area contributed by atoms with E-state index in [2.05, 4.69) is 15.2 Å². The summed E-state index contributed by atoms with van der Waals surface area (Å²) in [6, 6.07) is 7.32. The van der Waals surface area contributed by atoms with Crippen molar-refractivity contribution in [2.45, 2.75) is 44.1 Å². The van der Waals surface area contributed by atoms with Gasteiger partial charge in [0.05, 0.1) is 13.2 Å². The molecule has 1 aliphatic carbocycles. The minimum absolute atomic E-state index is 0.0162. The van der Waals surface area contributed by atoms with Crippen molar-refractivity contribution in [3.05, 3.63) is 41.5 Å². The molecule has 2 aromatic rings. The quantitative estimate of drug-likeness (QED) is 0.937. The molecule has 2 fully saturated rings. The minimum Gasteiger partial charge on any atom is -0.497 e. The Labute approximate surface area is 141 Å². The van der Waals surface area contributed by atoms with Gasteiger partial charge >= 0.3 is 0 Å². The van der Waals surface area contributed by atoms with Gasteiger partial charge in [-0.3, -0.25) is 9.89 Å². The predicted molar refractivity (Wildman–Crippen MR) is 89.0 cm³/mol. The average molecular weight is 326 g/mol. The number of carbonyl (C=O) groups is 1. The van der Waals surface area contributed by atoms with Crippen LogP contribution in [0.15, 0.2) is 24.3 Å². The number of nitrogens with zero attached hydrogens (tertiary/aromatic N) is 3. The van der Waals surface area contributed by atoms with Gasteiger partial charge in [-0.2, -0.15) is 5.10 Å². The van der Waals surface area contributed by atoms with Crippen molar-refractivity contribution in [1.29, 1.82) is 0 Å². The van der Waals surface area contributed by atoms with Crippen molar-refractivity contribution < 1.29 is 9.53 Å². The number of rotatable bonds is 4. The summed E-state index contributed by atoms with van der Waals surface area (Å²) in [7, 11) is 1.61. The van der Waals surface area contributed by atoms with Crippen LogP contribution in [0, 0.1) is 0 Å². The number of likely N-dealkylation sites (tertiary alicyclic amines) is 1. The minimum atomic E-state index is -0.0162. The molecule has 1 N–H and O–H groups in total. The molecule has 6 nitrogen and oxygen atoms in total. The molecular formula is C18H22N4O2. The van der Waals surface area contributed by atoms with Crippen LogP contribution in [0.2, 0.25) is 0 Å². The number of nitrogens with one attached hydrogen (secondary N) is 1. The number of amides is 1. The molecule has 1 aliphatic heterocycles. The van der Waals surface area contributed by atoms with E-state index in [1.54, 1.807) is 13.2 Å². The van der Waals surface area contributed by atoms with E-state index in [-0.39, 0.29) is 11.9 Å². The van der Waals surface area contributed by atoms with Gasteiger partial charge in [0.25, 0.3) is 5.91 Å². The second-order valence-electron chi connectivity index (χ2n) is 6.60. The molecule has 0 bridgehead atoms. The SMILES string of the molecule is COc1cccc(C(=O)N2CCCCC2c2nc(C3CC3)n[nH]2)c1. The third kappa shape index (κ3) is 2.88. The summed E-state index contributed by atoms with van der Waals surface area (Å²) >= 11 is 0. The Morgan fingerprint density at radius 2 is 2.17 bits per heavy atom. The normalized spacial score (nSPS) is 20.9. The molecule has 0 radical (unpaired) electrons. The maximum atomic E-state index is 13.0. The molecule has 4 rings (SSSR count). The molecule has 6 heteroatoms. The number of aromatic amines is 1. The Bertz CT molecular complexity index is 738. The number of ether oxygens (including phenoxy) is 1. The van der Waals surface area contributed by atoms with Gasteiger partial charge in [0.15, 0.2) is 5.82 Å². The number of methoxy groups -OCH3 is 1. The highest BCUT2D eigenvalue weighted by atomic mass is 16.5. The Balaban J connectivity index is 1.59. The molecular weight excluding hydrogens is 304 g/mol. The number of carbonyl (C=O) groups excluding carboxylic acids is 1. The van der Waals surface area contributed by atoms with Gasteiger partial charge in [0.1, 0.15) is 11.6 Å². The van der Waals surface area contributed by atoms with Crippen molar-refractivity contribution in [3.63, 3.8) is 0 Å². The topological polar surface area (TPSA) is 71.1 Å². The lowest BCUT2D eigenvalue weighted by Crippen LogP contribution is -2.39. The van der Waals surface area contributed by atoms with Crippen LogP contribution in [0.4, 0.5) is 0 Å². The highest BCUT2D eigenvalue weighted by Gasteiger charge is 2.33. The van der Waals surface area contributed by atoms with Crippen molar-refractivity contribution in [1.82, 2.24) is 20.1 Å². The van der Waals surface area contributed by atoms with Gasteiger partial charge < -0.3 is 9.64 Å². The fourth-order valence-corrected chi connectivity index (χ4v) is 3.34. The summed E-state index contributed by atoms with van der Waals surface area (Å²) in [6.07, 6.45) is 5.40. The van der Waals surface area contributed by atoms with E-state index < -0.39 is 0 Å². The Morgan fingerprint density at radius 1 is 1.29 bits per heavy atom. The first-order chi connectivity index (χ1) is 11.8. The molecule has 2 aliphatic rings. The summed E-state index contributed by atoms with van der Waals surface area (Å²) < 4.78 is 5.24. The smallest absolute Gasteiger partial charge is 0.254 e. The van der Waals surface area contributed by atoms with Gasteiger partial charge in [-0.1, -0.05) is 6.07 Å². The van der Waals surface area contributed by atoms with E-state index in [9.17, 15) is 4.79 Å². The van der Waals surface area contributed by atoms with E-state index in [1.165, 1.54) is 12.8 Å². The third-order valence-electron chi connectivity index (χ3n) is 4.86. The van der Waals surface area contributed by atoms with E-state index in [0.717, 1.165) is 37.5 Å². The van der Waals surface area contributed by atoms with Gasteiger partial charge in [0, 0.05) is 18.0 Å². The zero-order valence-electron chi connectivity index (χ0n) is 13.9. The van der Waals surface area contributed by atoms with Gasteiger partial charge in [-0.15, -0.1) is 0 Å². The van der Waals surface area contributed by atoms with E-state index in [1.807, 2.05) is 23.1 Å². The maximum absolute atomic E-state index is 13.0. The van der Waals surface area contributed by atoms with E-state index in [0.29, 0.717) is 17.2 Å². The average Bonchev–Trinajstić information content (AvgIpc) is 3.38. The molecule has 1 atom stereocenters. The van der Waals surface area contributed by atoms with Gasteiger partial charge in [-0.25, -0.2) is 4.98 Å². The van der Waals surface area contributed by atoms with Gasteiger partial charge in [0.2, 0.25) is 0 Å². The monoisotopic (exact) mass is 326 g/mol. The fourth-order valence-electron chi connectivity index (χ4n) is 3.34. The molecule has 1 unspecified atom stereocenters. The summed E-state index contributed by atoms with van der Waals surface area (Å²) in [5, 5.41) is 7.43. The van der Waals surface area contributed by atoms with E-state index in [4.69, 9.17) is 4.74 Å². The second kappa shape index (κ2) is 6.26. The summed E-state index contributed by atoms with van der Waals surface area (Å²) in [6.45, 7) is 0.750. The molecule has 1 aromatic carbocycles. The Morgan fingerprint density at radius 3 is 2.96 bits per heavy atom. The molecule has 2 heterocycles. The number of aromatic nitrogens is 3. The number of hydrogen-bond acceptors (Lipinski definition) is 4. The molecule has 1 aromatic heterocycles. The van der Waals surface area contributed by atoms with Crippen LogP contribution >= 0.6 is 0 Å². The lowest BCUT2D eigenvalue weighted by atomic mass is 10.00. The lowest BCUT2D eigenvalue weighted by molar-refractivity contribution is 0.0600. The van der Waals surface area contributed by atoms with Crippen molar-refractivity contribution >= 4 is 5.91 Å². The zero-order valence-corrected chi connectivity index (χ0v) is 13.9. The van der Waals surface area contributed by atoms with Crippen LogP contribution in [0.25, 0.3) is 0 Å². The highest BCUT2D eigenvalue weighted by Crippen LogP contribution is 2.39. The predicted octanol–water partition coefficient (Wildman–Crippen LogP) is 3.06. The number of benzene rings is 1. The largest absolute Gasteiger partial charge is 0.497 e. The standard InChI is InChI=1S/C18H22N4O2/c1-24-14-6-4-5-13(11-14)18(23)22-10-3-2-7-15(22)17-19-16(20-21-17)12-8-9-12/h4-6,11-12,15H,2-3,7-10H2,1H3,(H,19,20,21). The first-order valence-corrected chi connectivity index (χ1v) is 8.63. The van der Waals surface area contributed by atoms with Crippen LogP contribution in [0.3, 0.4) is 0 Å². The van der Waals surface area contributed by atoms with Crippen LogP contribution in [0.5, 0.6) is 5.75 Å². The lowest BCUT2D eigenvalue weighted by Gasteiger charge is -2.34. The van der Waals surface area contributed by atoms with Crippen LogP contribution in [0.1, 0.15) is 66.1 Å². The first kappa shape index (κ1) is 15.2. The second-order valence-corrected chi connectivity index (χ2v) is 6.60. The summed E-state index contributed by atoms with van der Waals surface area (Å²) in [4.78, 5) is 19.6. The van der Waals surface area contributed by atoms with Crippen LogP contribution in [-0.4, -0.2) is 39.6 Å². The zero-order chi connectivity index (χ0) is 16.5. The van der Waals surface area contributed by atoms with Gasteiger partial charge in [-0.05, 0) is 50.3 Å². The van der Waals surface area contributed by atoms with Crippen molar-refractivity contribution in [2.24, 2.45) is 0 Å². The molecule has 24 heavy (non-hydrogen) atoms.